The van der Waals surface area contributed by atoms with Gasteiger partial charge in [-0.05, 0) is 109 Å². The zero-order valence-electron chi connectivity index (χ0n) is 16.8. The second kappa shape index (κ2) is 6.69. The van der Waals surface area contributed by atoms with Gasteiger partial charge in [-0.3, -0.25) is 0 Å². The topological polar surface area (TPSA) is 6.48 Å². The SMILES string of the molecule is C(=Cc1cc2c3c(c1)CCCN3CCC2)c1cc2c3c(c1)CCCN3CCC2. The first-order valence-electron chi connectivity index (χ1n) is 11.3. The monoisotopic (exact) mass is 370 g/mol. The van der Waals surface area contributed by atoms with Crippen molar-refractivity contribution in [2.24, 2.45) is 0 Å². The van der Waals surface area contributed by atoms with E-state index in [0.29, 0.717) is 0 Å². The molecule has 4 heterocycles. The normalized spacial score (nSPS) is 20.3. The van der Waals surface area contributed by atoms with Crippen molar-refractivity contribution in [3.63, 3.8) is 0 Å². The quantitative estimate of drug-likeness (QED) is 0.666. The van der Waals surface area contributed by atoms with Crippen LogP contribution in [0.5, 0.6) is 0 Å². The van der Waals surface area contributed by atoms with Gasteiger partial charge >= 0.3 is 0 Å². The van der Waals surface area contributed by atoms with Crippen LogP contribution in [-0.2, 0) is 25.7 Å². The molecule has 0 amide bonds. The first kappa shape index (κ1) is 16.7. The van der Waals surface area contributed by atoms with Gasteiger partial charge in [0.1, 0.15) is 0 Å². The van der Waals surface area contributed by atoms with E-state index in [1.165, 1.54) is 88.7 Å². The van der Waals surface area contributed by atoms with Gasteiger partial charge in [0.05, 0.1) is 0 Å². The summed E-state index contributed by atoms with van der Waals surface area (Å²) >= 11 is 0. The van der Waals surface area contributed by atoms with Crippen LogP contribution < -0.4 is 9.80 Å². The van der Waals surface area contributed by atoms with Crippen LogP contribution in [0.4, 0.5) is 11.4 Å². The Morgan fingerprint density at radius 2 is 0.821 bits per heavy atom. The summed E-state index contributed by atoms with van der Waals surface area (Å²) in [5.74, 6) is 0. The van der Waals surface area contributed by atoms with E-state index in [1.54, 1.807) is 33.6 Å². The van der Waals surface area contributed by atoms with E-state index in [1.807, 2.05) is 0 Å². The largest absolute Gasteiger partial charge is 0.371 e. The number of hydrogen-bond donors (Lipinski definition) is 0. The maximum atomic E-state index is 2.63. The molecule has 0 fully saturated rings. The maximum Gasteiger partial charge on any atom is 0.0431 e. The molecule has 0 saturated carbocycles. The molecule has 2 aromatic carbocycles. The predicted molar refractivity (Wildman–Crippen MR) is 120 cm³/mol. The van der Waals surface area contributed by atoms with Gasteiger partial charge < -0.3 is 9.80 Å². The molecule has 0 aliphatic carbocycles. The summed E-state index contributed by atoms with van der Waals surface area (Å²) < 4.78 is 0. The summed E-state index contributed by atoms with van der Waals surface area (Å²) in [5.41, 5.74) is 12.3. The number of anilines is 2. The van der Waals surface area contributed by atoms with E-state index in [4.69, 9.17) is 0 Å². The van der Waals surface area contributed by atoms with Crippen molar-refractivity contribution < 1.29 is 0 Å². The lowest BCUT2D eigenvalue weighted by Gasteiger charge is -2.37. The summed E-state index contributed by atoms with van der Waals surface area (Å²) in [6.45, 7) is 5.02. The van der Waals surface area contributed by atoms with E-state index in [0.717, 1.165) is 0 Å². The van der Waals surface area contributed by atoms with Crippen LogP contribution >= 0.6 is 0 Å². The van der Waals surface area contributed by atoms with Crippen molar-refractivity contribution in [3.05, 3.63) is 57.6 Å². The molecule has 0 atom stereocenters. The van der Waals surface area contributed by atoms with Gasteiger partial charge in [-0.2, -0.15) is 0 Å². The highest BCUT2D eigenvalue weighted by Crippen LogP contribution is 2.38. The fourth-order valence-corrected chi connectivity index (χ4v) is 6.05. The summed E-state index contributed by atoms with van der Waals surface area (Å²) in [6, 6.07) is 9.82. The van der Waals surface area contributed by atoms with Crippen molar-refractivity contribution in [2.75, 3.05) is 36.0 Å². The van der Waals surface area contributed by atoms with Crippen LogP contribution in [0.15, 0.2) is 24.3 Å². The summed E-state index contributed by atoms with van der Waals surface area (Å²) in [4.78, 5) is 5.26. The minimum Gasteiger partial charge on any atom is -0.371 e. The molecular weight excluding hydrogens is 340 g/mol. The third-order valence-corrected chi connectivity index (χ3v) is 7.18. The lowest BCUT2D eigenvalue weighted by Crippen LogP contribution is -2.34. The molecule has 6 rings (SSSR count). The zero-order valence-corrected chi connectivity index (χ0v) is 16.8. The number of aryl methyl sites for hydroxylation is 4. The molecule has 0 unspecified atom stereocenters. The molecule has 0 saturated heterocycles. The smallest absolute Gasteiger partial charge is 0.0431 e. The third-order valence-electron chi connectivity index (χ3n) is 7.18. The lowest BCUT2D eigenvalue weighted by atomic mass is 9.89. The molecule has 28 heavy (non-hydrogen) atoms. The van der Waals surface area contributed by atoms with Crippen LogP contribution in [0.1, 0.15) is 59.1 Å². The maximum absolute atomic E-state index is 2.63. The van der Waals surface area contributed by atoms with Crippen molar-refractivity contribution in [3.8, 4) is 0 Å². The van der Waals surface area contributed by atoms with Crippen LogP contribution in [0.25, 0.3) is 12.2 Å². The van der Waals surface area contributed by atoms with E-state index < -0.39 is 0 Å². The van der Waals surface area contributed by atoms with E-state index >= 15 is 0 Å². The van der Waals surface area contributed by atoms with Crippen molar-refractivity contribution in [1.82, 2.24) is 0 Å². The number of benzene rings is 2. The van der Waals surface area contributed by atoms with Crippen LogP contribution in [0, 0.1) is 0 Å². The van der Waals surface area contributed by atoms with Crippen LogP contribution in [0.3, 0.4) is 0 Å². The number of hydrogen-bond acceptors (Lipinski definition) is 2. The molecule has 2 aromatic rings. The Balaban J connectivity index is 1.35. The average molecular weight is 371 g/mol. The second-order valence-electron chi connectivity index (χ2n) is 9.10. The van der Waals surface area contributed by atoms with Crippen LogP contribution in [0.2, 0.25) is 0 Å². The van der Waals surface area contributed by atoms with Crippen LogP contribution in [-0.4, -0.2) is 26.2 Å². The molecule has 0 spiro atoms. The molecule has 0 aromatic heterocycles. The van der Waals surface area contributed by atoms with E-state index in [9.17, 15) is 0 Å². The fourth-order valence-electron chi connectivity index (χ4n) is 6.05. The highest BCUT2D eigenvalue weighted by atomic mass is 15.1. The Morgan fingerprint density at radius 3 is 1.14 bits per heavy atom. The minimum absolute atomic E-state index is 1.25. The van der Waals surface area contributed by atoms with Crippen molar-refractivity contribution in [2.45, 2.75) is 51.4 Å². The van der Waals surface area contributed by atoms with Gasteiger partial charge in [-0.1, -0.05) is 12.2 Å². The Labute approximate surface area is 168 Å². The number of rotatable bonds is 2. The van der Waals surface area contributed by atoms with Crippen molar-refractivity contribution >= 4 is 23.5 Å². The molecule has 0 radical (unpaired) electrons. The Kier molecular flexibility index (Phi) is 3.99. The molecule has 0 N–H and O–H groups in total. The number of nitrogens with zero attached hydrogens (tertiary/aromatic N) is 2. The van der Waals surface area contributed by atoms with Gasteiger partial charge in [0.15, 0.2) is 0 Å². The third kappa shape index (κ3) is 2.77. The summed E-state index contributed by atoms with van der Waals surface area (Å²) in [6.07, 6.45) is 15.0. The molecular formula is C26H30N2. The first-order chi connectivity index (χ1) is 13.8. The minimum atomic E-state index is 1.25. The highest BCUT2D eigenvalue weighted by molar-refractivity contribution is 5.76. The molecule has 2 nitrogen and oxygen atoms in total. The molecule has 144 valence electrons. The van der Waals surface area contributed by atoms with Gasteiger partial charge in [0, 0.05) is 37.6 Å². The molecule has 4 aliphatic heterocycles. The van der Waals surface area contributed by atoms with Gasteiger partial charge in [-0.25, -0.2) is 0 Å². The Morgan fingerprint density at radius 1 is 0.500 bits per heavy atom. The summed E-state index contributed by atoms with van der Waals surface area (Å²) in [7, 11) is 0. The predicted octanol–water partition coefficient (Wildman–Crippen LogP) is 5.25. The molecule has 2 heteroatoms. The fraction of sp³-hybridized carbons (Fsp3) is 0.462. The molecule has 4 aliphatic rings. The van der Waals surface area contributed by atoms with Gasteiger partial charge in [-0.15, -0.1) is 0 Å². The average Bonchev–Trinajstić information content (AvgIpc) is 2.73. The second-order valence-corrected chi connectivity index (χ2v) is 9.10. The van der Waals surface area contributed by atoms with Crippen molar-refractivity contribution in [1.29, 1.82) is 0 Å². The van der Waals surface area contributed by atoms with E-state index in [2.05, 4.69) is 46.2 Å². The Hall–Kier alpha value is -2.22. The van der Waals surface area contributed by atoms with Gasteiger partial charge in [0.2, 0.25) is 0 Å². The lowest BCUT2D eigenvalue weighted by molar-refractivity contribution is 0.634. The first-order valence-corrected chi connectivity index (χ1v) is 11.3. The van der Waals surface area contributed by atoms with Gasteiger partial charge in [0.25, 0.3) is 0 Å². The standard InChI is InChI=1S/C26H30N2/c1-5-21-15-19(16-22-6-2-12-27(11-1)25(21)22)9-10-20-17-23-7-3-13-28-14-4-8-24(18-20)26(23)28/h9-10,15-18H,1-8,11-14H2. The highest BCUT2D eigenvalue weighted by Gasteiger charge is 2.25. The molecule has 0 bridgehead atoms. The van der Waals surface area contributed by atoms with E-state index in [-0.39, 0.29) is 0 Å². The zero-order chi connectivity index (χ0) is 18.5. The Bertz CT molecular complexity index is 815. The summed E-state index contributed by atoms with van der Waals surface area (Å²) in [5, 5.41) is 0.